The number of nitrogens with two attached hydrogens (primary N) is 1. The first-order valence-corrected chi connectivity index (χ1v) is 35.6. The minimum Gasteiger partial charge on any atom is -0.361 e. The number of nitro benzene ring substituents is 2. The highest BCUT2D eigenvalue weighted by Gasteiger charge is 2.32. The van der Waals surface area contributed by atoms with E-state index in [1.807, 2.05) is 67.4 Å². The van der Waals surface area contributed by atoms with E-state index in [9.17, 15) is 29.8 Å². The molecule has 4 saturated heterocycles. The highest BCUT2D eigenvalue weighted by atomic mass is 127. The second-order valence-corrected chi connectivity index (χ2v) is 26.5. The van der Waals surface area contributed by atoms with Crippen LogP contribution in [0.5, 0.6) is 0 Å². The van der Waals surface area contributed by atoms with E-state index >= 15 is 0 Å². The fraction of sp³-hybridized carbons (Fsp3) is 0.417. The molecule has 0 aliphatic carbocycles. The van der Waals surface area contributed by atoms with Crippen molar-refractivity contribution in [3.8, 4) is 0 Å². The number of Topliss-reactive ketones (excluding diaryl/α,β-unsaturated/α-hetero) is 1. The molecule has 6 aliphatic heterocycles. The third-order valence-electron chi connectivity index (χ3n) is 17.5. The predicted molar refractivity (Wildman–Crippen MR) is 403 cm³/mol. The first-order valence-electron chi connectivity index (χ1n) is 32.6. The summed E-state index contributed by atoms with van der Waals surface area (Å²) in [6.07, 6.45) is 28.0. The summed E-state index contributed by atoms with van der Waals surface area (Å²) in [6, 6.07) is 28.2. The summed E-state index contributed by atoms with van der Waals surface area (Å²) in [5.41, 5.74) is 15.9. The van der Waals surface area contributed by atoms with Gasteiger partial charge in [-0.15, -0.1) is 58.4 Å². The molecule has 11 heterocycles. The number of thiophene rings is 2. The molecule has 14 rings (SSSR count). The first-order chi connectivity index (χ1) is 45.6. The van der Waals surface area contributed by atoms with E-state index in [-0.39, 0.29) is 52.3 Å². The normalized spacial score (nSPS) is 17.9. The summed E-state index contributed by atoms with van der Waals surface area (Å²) >= 11 is 4.73. The number of hydrogen-bond acceptors (Lipinski definition) is 17. The van der Waals surface area contributed by atoms with Crippen molar-refractivity contribution in [1.29, 1.82) is 10.8 Å². The first kappa shape index (κ1) is 75.6. The molecule has 3 unspecified atom stereocenters. The maximum Gasteiger partial charge on any atom is 0.270 e. The number of nitro groups is 2. The standard InChI is InChI=1S/C22H23N3S.C16H17N3O2.C8H6N2O2.C8H19NO2.C8H13NO.C6H7NS2.C4H6O.HI/c23-20(22-4-2-10-26-22)12-15-5-6-21-18(11-15)19(14-24-21)16-7-9-25-8-1-3-17(25)13-16;20-19(21)13-3-4-16-14(9-13)15(10-17-16)11-5-7-18-6-1-2-12(18)8-11;11-10(12)7-1-2-8-6(5-7)3-4-9-8;1-3-10-8(11-4-2)6-5-7-9;10-8-3-5-9-4-1-2-7(9)6-8;1-8-6(7)5-3-2-4-9-5;1-3-4(2)5;/h2,4-7,10-11,14,17,23-24H,1,3,8-9,12-13H2;3-5,9-10,12,17H,1-2,6-8H2;1-5,9H;8H,3-7,9H2,1-2H3;7H,1-6H2;2-4,7H,1H3;3H,1H2,2H3;1H. The smallest absolute Gasteiger partial charge is 0.270 e. The van der Waals surface area contributed by atoms with E-state index < -0.39 is 4.92 Å². The second kappa shape index (κ2) is 38.8. The van der Waals surface area contributed by atoms with Crippen molar-refractivity contribution < 1.29 is 28.9 Å². The van der Waals surface area contributed by atoms with Crippen molar-refractivity contribution in [3.05, 3.63) is 186 Å². The number of H-pyrrole nitrogens is 3. The summed E-state index contributed by atoms with van der Waals surface area (Å²) in [5, 5.41) is 44.9. The van der Waals surface area contributed by atoms with E-state index in [2.05, 4.69) is 72.8 Å². The van der Waals surface area contributed by atoms with Crippen LogP contribution in [0.25, 0.3) is 43.9 Å². The molecule has 5 aromatic heterocycles. The van der Waals surface area contributed by atoms with Gasteiger partial charge in [0.1, 0.15) is 10.8 Å². The zero-order valence-corrected chi connectivity index (χ0v) is 59.8. The molecule has 508 valence electrons. The number of fused-ring (bicyclic) bond motifs is 6. The molecular formula is C72H92IN11O8S3. The molecule has 23 heteroatoms. The molecule has 0 amide bonds. The molecule has 8 aromatic rings. The maximum absolute atomic E-state index is 11.0. The fourth-order valence-electron chi connectivity index (χ4n) is 12.7. The van der Waals surface area contributed by atoms with E-state index in [1.54, 1.807) is 59.2 Å². The van der Waals surface area contributed by atoms with Gasteiger partial charge in [-0.2, -0.15) is 0 Å². The van der Waals surface area contributed by atoms with Crippen LogP contribution < -0.4 is 5.73 Å². The van der Waals surface area contributed by atoms with Gasteiger partial charge in [0.15, 0.2) is 12.1 Å². The van der Waals surface area contributed by atoms with Gasteiger partial charge < -0.3 is 35.6 Å². The molecule has 7 N–H and O–H groups in total. The zero-order chi connectivity index (χ0) is 66.9. The lowest BCUT2D eigenvalue weighted by Gasteiger charge is -2.29. The Kier molecular flexibility index (Phi) is 30.9. The Hall–Kier alpha value is -6.78. The number of carbonyl (C=O) groups excluding carboxylic acids is 2. The Morgan fingerprint density at radius 2 is 1.26 bits per heavy atom. The van der Waals surface area contributed by atoms with E-state index in [0.717, 1.165) is 94.9 Å². The lowest BCUT2D eigenvalue weighted by atomic mass is 9.93. The number of ether oxygens (including phenoxy) is 2. The number of aromatic amines is 3. The highest BCUT2D eigenvalue weighted by molar-refractivity contribution is 14.0. The molecule has 3 aromatic carbocycles. The number of non-ortho nitro benzene ring substituents is 2. The number of hydrogen-bond donors (Lipinski definition) is 6. The third-order valence-corrected chi connectivity index (χ3v) is 20.1. The lowest BCUT2D eigenvalue weighted by molar-refractivity contribution is -0.384. The molecule has 3 atom stereocenters. The average Bonchev–Trinajstić information content (AvgIpc) is 1.67. The maximum atomic E-state index is 11.0. The molecule has 0 radical (unpaired) electrons. The summed E-state index contributed by atoms with van der Waals surface area (Å²) in [4.78, 5) is 60.7. The molecule has 4 fully saturated rings. The number of allylic oxidation sites excluding steroid dienone is 1. The van der Waals surface area contributed by atoms with Crippen molar-refractivity contribution in [2.75, 3.05) is 65.3 Å². The van der Waals surface area contributed by atoms with Crippen LogP contribution in [-0.4, -0.2) is 152 Å². The third kappa shape index (κ3) is 22.1. The van der Waals surface area contributed by atoms with Crippen LogP contribution in [0.1, 0.15) is 124 Å². The highest BCUT2D eigenvalue weighted by Crippen LogP contribution is 2.38. The number of ketones is 2. The Labute approximate surface area is 586 Å². The minimum absolute atomic E-state index is 0. The van der Waals surface area contributed by atoms with Gasteiger partial charge in [0, 0.05) is 162 Å². The quantitative estimate of drug-likeness (QED) is 0.0100. The van der Waals surface area contributed by atoms with Gasteiger partial charge in [-0.3, -0.25) is 49.9 Å². The molecule has 0 saturated carbocycles. The number of rotatable bonds is 16. The van der Waals surface area contributed by atoms with Crippen LogP contribution in [0, 0.1) is 31.0 Å². The monoisotopic (exact) mass is 1460 g/mol. The van der Waals surface area contributed by atoms with Crippen LogP contribution in [0.15, 0.2) is 139 Å². The van der Waals surface area contributed by atoms with Gasteiger partial charge in [-0.25, -0.2) is 0 Å². The predicted octanol–water partition coefficient (Wildman–Crippen LogP) is 16.2. The molecular weight excluding hydrogens is 1370 g/mol. The van der Waals surface area contributed by atoms with E-state index in [1.165, 1.54) is 129 Å². The Morgan fingerprint density at radius 3 is 1.79 bits per heavy atom. The van der Waals surface area contributed by atoms with Crippen molar-refractivity contribution in [1.82, 2.24) is 29.7 Å². The molecule has 0 spiro atoms. The Morgan fingerprint density at radius 1 is 0.737 bits per heavy atom. The summed E-state index contributed by atoms with van der Waals surface area (Å²) in [5.74, 6) is 0.494. The van der Waals surface area contributed by atoms with E-state index in [4.69, 9.17) is 26.0 Å². The van der Waals surface area contributed by atoms with Gasteiger partial charge in [-0.05, 0) is 193 Å². The SMILES string of the molecule is C=CC(C)=O.CCOC(CCCN)OCC.CSC(=N)c1cccs1.I.N=C(Cc1ccc2[nH]cc(C3=CCN4CCCC4C3)c2c1)c1cccs1.O=C1CCN2CCCC2C1.O=[N+]([O-])c1ccc2[nH]cc(C3=CCN4CCCC4C3)c2c1.O=[N+]([O-])c1ccc2[nH]ccc2c1. The number of carbonyl (C=O) groups is 2. The zero-order valence-electron chi connectivity index (χ0n) is 55.0. The number of aromatic nitrogens is 3. The summed E-state index contributed by atoms with van der Waals surface area (Å²) in [6.45, 7) is 17.5. The summed E-state index contributed by atoms with van der Waals surface area (Å²) < 4.78 is 10.6. The van der Waals surface area contributed by atoms with Gasteiger partial charge in [0.05, 0.1) is 20.4 Å². The van der Waals surface area contributed by atoms with Crippen molar-refractivity contribution in [2.24, 2.45) is 5.73 Å². The van der Waals surface area contributed by atoms with Crippen molar-refractivity contribution >= 4 is 136 Å². The number of nitrogens with zero attached hydrogens (tertiary/aromatic N) is 5. The molecule has 95 heavy (non-hydrogen) atoms. The topological polar surface area (TPSA) is 270 Å². The fourth-order valence-corrected chi connectivity index (χ4v) is 14.6. The number of thioether (sulfide) groups is 1. The molecule has 6 aliphatic rings. The van der Waals surface area contributed by atoms with Crippen LogP contribution in [-0.2, 0) is 25.5 Å². The number of halogens is 1. The number of benzene rings is 3. The molecule has 0 bridgehead atoms. The van der Waals surface area contributed by atoms with Gasteiger partial charge in [0.2, 0.25) is 0 Å². The van der Waals surface area contributed by atoms with Crippen LogP contribution in [0.3, 0.4) is 0 Å². The number of nitrogens with one attached hydrogen (secondary N) is 5. The number of piperidine rings is 1. The van der Waals surface area contributed by atoms with Crippen LogP contribution in [0.4, 0.5) is 11.4 Å². The van der Waals surface area contributed by atoms with Gasteiger partial charge >= 0.3 is 0 Å². The largest absolute Gasteiger partial charge is 0.361 e. The Balaban J connectivity index is 0.000000166. The average molecular weight is 1460 g/mol. The Bertz CT molecular complexity index is 3850. The lowest BCUT2D eigenvalue weighted by Crippen LogP contribution is -2.37. The molecule has 19 nitrogen and oxygen atoms in total. The van der Waals surface area contributed by atoms with Crippen LogP contribution >= 0.6 is 58.4 Å². The van der Waals surface area contributed by atoms with Crippen molar-refractivity contribution in [2.45, 2.75) is 129 Å². The second-order valence-electron chi connectivity index (χ2n) is 23.8. The van der Waals surface area contributed by atoms with Gasteiger partial charge in [-0.1, -0.05) is 36.9 Å². The summed E-state index contributed by atoms with van der Waals surface area (Å²) in [7, 11) is 0. The van der Waals surface area contributed by atoms with E-state index in [0.29, 0.717) is 54.8 Å². The minimum atomic E-state index is -0.396. The van der Waals surface area contributed by atoms with Crippen molar-refractivity contribution in [3.63, 3.8) is 0 Å². The van der Waals surface area contributed by atoms with Gasteiger partial charge in [0.25, 0.3) is 11.4 Å². The van der Waals surface area contributed by atoms with Crippen LogP contribution in [0.2, 0.25) is 0 Å².